The number of carboxylic acid groups (broad SMARTS) is 1. The van der Waals surface area contributed by atoms with E-state index in [0.717, 1.165) is 12.8 Å². The smallest absolute Gasteiger partial charge is 0.326 e. The van der Waals surface area contributed by atoms with Gasteiger partial charge in [-0.1, -0.05) is 40.7 Å². The highest BCUT2D eigenvalue weighted by molar-refractivity contribution is 5.83. The molecule has 0 aliphatic rings. The zero-order chi connectivity index (χ0) is 16.0. The predicted molar refractivity (Wildman–Crippen MR) is 80.6 cm³/mol. The lowest BCUT2D eigenvalue weighted by atomic mass is 9.86. The molecule has 0 aromatic heterocycles. The maximum absolute atomic E-state index is 11.7. The average Bonchev–Trinajstić information content (AvgIpc) is 2.23. The minimum atomic E-state index is -1.03. The molecule has 0 unspecified atom stereocenters. The topological polar surface area (TPSA) is 78.4 Å². The Labute approximate surface area is 121 Å². The van der Waals surface area contributed by atoms with Gasteiger partial charge in [0, 0.05) is 6.54 Å². The molecule has 0 aromatic rings. The van der Waals surface area contributed by atoms with Crippen LogP contribution in [0.2, 0.25) is 0 Å². The molecule has 0 saturated carbocycles. The van der Waals surface area contributed by atoms with Crippen molar-refractivity contribution in [2.24, 2.45) is 10.8 Å². The van der Waals surface area contributed by atoms with Crippen LogP contribution in [0.5, 0.6) is 0 Å². The molecule has 0 rings (SSSR count). The molecule has 0 radical (unpaired) electrons. The molecule has 0 spiro atoms. The summed E-state index contributed by atoms with van der Waals surface area (Å²) >= 11 is 0. The summed E-state index contributed by atoms with van der Waals surface area (Å²) in [6, 6.07) is -1.36. The van der Waals surface area contributed by atoms with Crippen LogP contribution < -0.4 is 10.6 Å². The minimum absolute atomic E-state index is 0.0747. The third-order valence-corrected chi connectivity index (χ3v) is 3.17. The Kier molecular flexibility index (Phi) is 6.76. The van der Waals surface area contributed by atoms with E-state index in [1.807, 2.05) is 6.08 Å². The van der Waals surface area contributed by atoms with Gasteiger partial charge in [-0.25, -0.2) is 9.59 Å². The molecular formula is C15H28N2O3. The summed E-state index contributed by atoms with van der Waals surface area (Å²) in [5, 5.41) is 14.3. The van der Waals surface area contributed by atoms with Gasteiger partial charge in [-0.2, -0.15) is 0 Å². The van der Waals surface area contributed by atoms with Gasteiger partial charge >= 0.3 is 12.0 Å². The van der Waals surface area contributed by atoms with Crippen molar-refractivity contribution >= 4 is 12.0 Å². The number of amides is 2. The lowest BCUT2D eigenvalue weighted by molar-refractivity contribution is -0.141. The van der Waals surface area contributed by atoms with E-state index in [1.165, 1.54) is 0 Å². The SMILES string of the molecule is C=CCC(C)(C)CCNC(=O)N[C@H](C(=O)O)C(C)(C)C. The highest BCUT2D eigenvalue weighted by atomic mass is 16.4. The van der Waals surface area contributed by atoms with Crippen LogP contribution in [0.15, 0.2) is 12.7 Å². The Morgan fingerprint density at radius 2 is 1.80 bits per heavy atom. The van der Waals surface area contributed by atoms with Gasteiger partial charge in [-0.05, 0) is 23.7 Å². The van der Waals surface area contributed by atoms with Gasteiger partial charge in [0.1, 0.15) is 6.04 Å². The lowest BCUT2D eigenvalue weighted by Gasteiger charge is -2.28. The number of nitrogens with one attached hydrogen (secondary N) is 2. The van der Waals surface area contributed by atoms with Crippen LogP contribution in [0.3, 0.4) is 0 Å². The van der Waals surface area contributed by atoms with Crippen LogP contribution >= 0.6 is 0 Å². The molecule has 3 N–H and O–H groups in total. The van der Waals surface area contributed by atoms with Gasteiger partial charge in [-0.15, -0.1) is 6.58 Å². The van der Waals surface area contributed by atoms with Crippen LogP contribution in [-0.4, -0.2) is 29.7 Å². The first kappa shape index (κ1) is 18.5. The normalized spacial score (nSPS) is 13.4. The fourth-order valence-corrected chi connectivity index (χ4v) is 1.84. The second-order valence-electron chi connectivity index (χ2n) is 6.94. The number of allylic oxidation sites excluding steroid dienone is 1. The highest BCUT2D eigenvalue weighted by Gasteiger charge is 2.32. The summed E-state index contributed by atoms with van der Waals surface area (Å²) in [5.41, 5.74) is -0.462. The largest absolute Gasteiger partial charge is 0.480 e. The van der Waals surface area contributed by atoms with E-state index >= 15 is 0 Å². The van der Waals surface area contributed by atoms with Crippen LogP contribution in [0.25, 0.3) is 0 Å². The Morgan fingerprint density at radius 3 is 2.20 bits per heavy atom. The van der Waals surface area contributed by atoms with Crippen molar-refractivity contribution in [2.45, 2.75) is 53.5 Å². The van der Waals surface area contributed by atoms with E-state index in [4.69, 9.17) is 5.11 Å². The van der Waals surface area contributed by atoms with Crippen molar-refractivity contribution in [3.63, 3.8) is 0 Å². The van der Waals surface area contributed by atoms with Crippen LogP contribution in [0, 0.1) is 10.8 Å². The van der Waals surface area contributed by atoms with E-state index in [2.05, 4.69) is 31.1 Å². The van der Waals surface area contributed by atoms with Crippen molar-refractivity contribution in [2.75, 3.05) is 6.54 Å². The molecule has 20 heavy (non-hydrogen) atoms. The number of aliphatic carboxylic acids is 1. The molecule has 2 amide bonds. The summed E-state index contributed by atoms with van der Waals surface area (Å²) < 4.78 is 0. The Morgan fingerprint density at radius 1 is 1.25 bits per heavy atom. The van der Waals surface area contributed by atoms with Crippen LogP contribution in [-0.2, 0) is 4.79 Å². The van der Waals surface area contributed by atoms with Crippen molar-refractivity contribution < 1.29 is 14.7 Å². The number of carboxylic acids is 1. The van der Waals surface area contributed by atoms with Gasteiger partial charge in [0.2, 0.25) is 0 Å². The Balaban J connectivity index is 4.29. The number of carbonyl (C=O) groups excluding carboxylic acids is 1. The molecule has 0 saturated heterocycles. The molecule has 1 atom stereocenters. The molecule has 0 heterocycles. The molecule has 116 valence electrons. The van der Waals surface area contributed by atoms with E-state index in [0.29, 0.717) is 6.54 Å². The quantitative estimate of drug-likeness (QED) is 0.629. The second-order valence-corrected chi connectivity index (χ2v) is 6.94. The monoisotopic (exact) mass is 284 g/mol. The average molecular weight is 284 g/mol. The van der Waals surface area contributed by atoms with E-state index in [-0.39, 0.29) is 5.41 Å². The van der Waals surface area contributed by atoms with Gasteiger partial charge in [0.15, 0.2) is 0 Å². The fourth-order valence-electron chi connectivity index (χ4n) is 1.84. The van der Waals surface area contributed by atoms with E-state index in [1.54, 1.807) is 20.8 Å². The zero-order valence-electron chi connectivity index (χ0n) is 13.2. The molecule has 0 aliphatic heterocycles. The standard InChI is InChI=1S/C15H28N2O3/c1-7-8-15(5,6)9-10-16-13(20)17-11(12(18)19)14(2,3)4/h7,11H,1,8-10H2,2-6H3,(H,18,19)(H2,16,17,20)/t11-/m1/s1. The van der Waals surface area contributed by atoms with E-state index < -0.39 is 23.5 Å². The maximum atomic E-state index is 11.7. The number of hydrogen-bond acceptors (Lipinski definition) is 2. The summed E-state index contributed by atoms with van der Waals surface area (Å²) in [7, 11) is 0. The van der Waals surface area contributed by atoms with Gasteiger partial charge in [-0.3, -0.25) is 0 Å². The molecule has 5 nitrogen and oxygen atoms in total. The Bertz CT molecular complexity index is 357. The second kappa shape index (κ2) is 7.31. The Hall–Kier alpha value is -1.52. The van der Waals surface area contributed by atoms with Gasteiger partial charge in [0.05, 0.1) is 0 Å². The molecule has 0 aliphatic carbocycles. The van der Waals surface area contributed by atoms with Crippen molar-refractivity contribution in [1.29, 1.82) is 0 Å². The highest BCUT2D eigenvalue weighted by Crippen LogP contribution is 2.24. The molecule has 0 fully saturated rings. The number of urea groups is 1. The first-order valence-electron chi connectivity index (χ1n) is 6.88. The fraction of sp³-hybridized carbons (Fsp3) is 0.733. The molecule has 0 aromatic carbocycles. The first-order chi connectivity index (χ1) is 8.99. The maximum Gasteiger partial charge on any atom is 0.326 e. The molecular weight excluding hydrogens is 256 g/mol. The summed E-state index contributed by atoms with van der Waals surface area (Å²) in [4.78, 5) is 22.9. The van der Waals surface area contributed by atoms with Crippen molar-refractivity contribution in [3.8, 4) is 0 Å². The van der Waals surface area contributed by atoms with Crippen molar-refractivity contribution in [1.82, 2.24) is 10.6 Å². The summed E-state index contributed by atoms with van der Waals surface area (Å²) in [5.74, 6) is -1.03. The van der Waals surface area contributed by atoms with Crippen LogP contribution in [0.4, 0.5) is 4.79 Å². The zero-order valence-corrected chi connectivity index (χ0v) is 13.2. The third-order valence-electron chi connectivity index (χ3n) is 3.17. The number of rotatable bonds is 7. The lowest BCUT2D eigenvalue weighted by Crippen LogP contribution is -2.52. The molecule has 0 bridgehead atoms. The third kappa shape index (κ3) is 7.16. The molecule has 5 heteroatoms. The van der Waals surface area contributed by atoms with E-state index in [9.17, 15) is 9.59 Å². The predicted octanol–water partition coefficient (Wildman–Crippen LogP) is 2.78. The number of carbonyl (C=O) groups is 2. The summed E-state index contributed by atoms with van der Waals surface area (Å²) in [6.45, 7) is 13.7. The van der Waals surface area contributed by atoms with Crippen molar-refractivity contribution in [3.05, 3.63) is 12.7 Å². The summed E-state index contributed by atoms with van der Waals surface area (Å²) in [6.07, 6.45) is 3.54. The number of hydrogen-bond donors (Lipinski definition) is 3. The minimum Gasteiger partial charge on any atom is -0.480 e. The van der Waals surface area contributed by atoms with Crippen LogP contribution in [0.1, 0.15) is 47.5 Å². The van der Waals surface area contributed by atoms with Gasteiger partial charge < -0.3 is 15.7 Å². The first-order valence-corrected chi connectivity index (χ1v) is 6.88. The van der Waals surface area contributed by atoms with Gasteiger partial charge in [0.25, 0.3) is 0 Å².